The Balaban J connectivity index is 2.44. The van der Waals surface area contributed by atoms with Crippen molar-refractivity contribution < 1.29 is 19.1 Å². The van der Waals surface area contributed by atoms with Crippen LogP contribution in [0.5, 0.6) is 0 Å². The predicted molar refractivity (Wildman–Crippen MR) is 72.7 cm³/mol. The second-order valence-electron chi connectivity index (χ2n) is 4.20. The second-order valence-corrected chi connectivity index (χ2v) is 4.20. The van der Waals surface area contributed by atoms with E-state index in [-0.39, 0.29) is 5.69 Å². The third-order valence-electron chi connectivity index (χ3n) is 3.01. The van der Waals surface area contributed by atoms with E-state index in [1.165, 1.54) is 20.4 Å². The Kier molecular flexibility index (Phi) is 4.20. The summed E-state index contributed by atoms with van der Waals surface area (Å²) in [6, 6.07) is 9.56. The third kappa shape index (κ3) is 2.71. The van der Waals surface area contributed by atoms with Crippen LogP contribution in [0.15, 0.2) is 36.5 Å². The molecule has 0 aliphatic heterocycles. The minimum Gasteiger partial charge on any atom is -0.465 e. The van der Waals surface area contributed by atoms with Crippen LogP contribution in [0.2, 0.25) is 0 Å². The average Bonchev–Trinajstić information content (AvgIpc) is 2.90. The second kappa shape index (κ2) is 6.06. The number of benzene rings is 1. The van der Waals surface area contributed by atoms with E-state index >= 15 is 0 Å². The lowest BCUT2D eigenvalue weighted by atomic mass is 10.0. The topological polar surface area (TPSA) is 68.4 Å². The van der Waals surface area contributed by atoms with Gasteiger partial charge in [-0.3, -0.25) is 0 Å². The molecule has 0 aliphatic rings. The van der Waals surface area contributed by atoms with Gasteiger partial charge in [-0.1, -0.05) is 30.3 Å². The summed E-state index contributed by atoms with van der Waals surface area (Å²) in [6.45, 7) is 0. The van der Waals surface area contributed by atoms with Crippen LogP contribution in [0.1, 0.15) is 32.0 Å². The lowest BCUT2D eigenvalue weighted by molar-refractivity contribution is 0.0593. The maximum absolute atomic E-state index is 11.8. The molecule has 2 aromatic rings. The van der Waals surface area contributed by atoms with Crippen molar-refractivity contribution in [2.24, 2.45) is 0 Å². The molecule has 1 aromatic carbocycles. The van der Waals surface area contributed by atoms with E-state index in [4.69, 9.17) is 9.47 Å². The van der Waals surface area contributed by atoms with Crippen LogP contribution in [-0.4, -0.2) is 31.1 Å². The van der Waals surface area contributed by atoms with E-state index in [0.29, 0.717) is 17.5 Å². The zero-order valence-corrected chi connectivity index (χ0v) is 11.3. The van der Waals surface area contributed by atoms with Crippen LogP contribution in [0.25, 0.3) is 0 Å². The number of carbonyl (C=O) groups is 2. The number of esters is 2. The summed E-state index contributed by atoms with van der Waals surface area (Å²) in [5, 5.41) is 0. The Labute approximate surface area is 116 Å². The molecule has 0 radical (unpaired) electrons. The Bertz CT molecular complexity index is 583. The fraction of sp³-hybridized carbons (Fsp3) is 0.200. The highest BCUT2D eigenvalue weighted by molar-refractivity contribution is 5.97. The summed E-state index contributed by atoms with van der Waals surface area (Å²) in [5.74, 6) is -0.992. The smallest absolute Gasteiger partial charge is 0.354 e. The molecule has 0 saturated heterocycles. The molecule has 0 spiro atoms. The monoisotopic (exact) mass is 273 g/mol. The SMILES string of the molecule is COC(=O)c1c[nH]c(C(=O)OC)c1Cc1ccccc1. The largest absolute Gasteiger partial charge is 0.465 e. The molecule has 0 bridgehead atoms. The average molecular weight is 273 g/mol. The van der Waals surface area contributed by atoms with Crippen molar-refractivity contribution in [1.29, 1.82) is 0 Å². The van der Waals surface area contributed by atoms with Gasteiger partial charge in [0.2, 0.25) is 0 Å². The first-order valence-electron chi connectivity index (χ1n) is 6.08. The Hall–Kier alpha value is -2.56. The lowest BCUT2D eigenvalue weighted by Gasteiger charge is -2.06. The van der Waals surface area contributed by atoms with Crippen molar-refractivity contribution in [1.82, 2.24) is 4.98 Å². The van der Waals surface area contributed by atoms with E-state index in [9.17, 15) is 9.59 Å². The zero-order valence-electron chi connectivity index (χ0n) is 11.3. The highest BCUT2D eigenvalue weighted by atomic mass is 16.5. The number of H-pyrrole nitrogens is 1. The van der Waals surface area contributed by atoms with Gasteiger partial charge in [0.1, 0.15) is 5.69 Å². The van der Waals surface area contributed by atoms with Crippen molar-refractivity contribution in [3.8, 4) is 0 Å². The standard InChI is InChI=1S/C15H15NO4/c1-19-14(17)12-9-16-13(15(18)20-2)11(12)8-10-6-4-3-5-7-10/h3-7,9,16H,8H2,1-2H3. The number of hydrogen-bond donors (Lipinski definition) is 1. The van der Waals surface area contributed by atoms with Gasteiger partial charge in [0.15, 0.2) is 0 Å². The Morgan fingerprint density at radius 2 is 1.70 bits per heavy atom. The van der Waals surface area contributed by atoms with Gasteiger partial charge >= 0.3 is 11.9 Å². The van der Waals surface area contributed by atoms with Gasteiger partial charge in [0.25, 0.3) is 0 Å². The van der Waals surface area contributed by atoms with E-state index in [1.54, 1.807) is 0 Å². The molecular formula is C15H15NO4. The quantitative estimate of drug-likeness (QED) is 0.867. The first-order chi connectivity index (χ1) is 9.67. The number of nitrogens with one attached hydrogen (secondary N) is 1. The summed E-state index contributed by atoms with van der Waals surface area (Å²) >= 11 is 0. The number of carbonyl (C=O) groups excluding carboxylic acids is 2. The van der Waals surface area contributed by atoms with Crippen molar-refractivity contribution >= 4 is 11.9 Å². The molecular weight excluding hydrogens is 258 g/mol. The Morgan fingerprint density at radius 1 is 1.05 bits per heavy atom. The fourth-order valence-electron chi connectivity index (χ4n) is 2.01. The molecule has 1 aromatic heterocycles. The molecule has 0 unspecified atom stereocenters. The highest BCUT2D eigenvalue weighted by Crippen LogP contribution is 2.20. The van der Waals surface area contributed by atoms with Gasteiger partial charge in [-0.05, 0) is 5.56 Å². The van der Waals surface area contributed by atoms with Crippen molar-refractivity contribution in [2.75, 3.05) is 14.2 Å². The summed E-state index contributed by atoms with van der Waals surface area (Å²) in [5.41, 5.74) is 2.19. The summed E-state index contributed by atoms with van der Waals surface area (Å²) in [6.07, 6.45) is 1.91. The van der Waals surface area contributed by atoms with E-state index in [1.807, 2.05) is 30.3 Å². The molecule has 1 heterocycles. The van der Waals surface area contributed by atoms with Crippen LogP contribution >= 0.6 is 0 Å². The maximum atomic E-state index is 11.8. The van der Waals surface area contributed by atoms with Crippen molar-refractivity contribution in [3.63, 3.8) is 0 Å². The molecule has 2 rings (SSSR count). The fourth-order valence-corrected chi connectivity index (χ4v) is 2.01. The molecule has 0 saturated carbocycles. The van der Waals surface area contributed by atoms with Gasteiger partial charge < -0.3 is 14.5 Å². The summed E-state index contributed by atoms with van der Waals surface area (Å²) in [4.78, 5) is 26.3. The van der Waals surface area contributed by atoms with Gasteiger partial charge in [-0.15, -0.1) is 0 Å². The van der Waals surface area contributed by atoms with Crippen molar-refractivity contribution in [3.05, 3.63) is 58.9 Å². The van der Waals surface area contributed by atoms with Crippen LogP contribution in [0, 0.1) is 0 Å². The molecule has 5 nitrogen and oxygen atoms in total. The van der Waals surface area contributed by atoms with E-state index < -0.39 is 11.9 Å². The summed E-state index contributed by atoms with van der Waals surface area (Å²) in [7, 11) is 2.60. The predicted octanol–water partition coefficient (Wildman–Crippen LogP) is 2.18. The zero-order chi connectivity index (χ0) is 14.5. The van der Waals surface area contributed by atoms with Gasteiger partial charge in [-0.2, -0.15) is 0 Å². The normalized spacial score (nSPS) is 10.1. The number of rotatable bonds is 4. The number of methoxy groups -OCH3 is 2. The molecule has 0 amide bonds. The van der Waals surface area contributed by atoms with Gasteiger partial charge in [0.05, 0.1) is 19.8 Å². The van der Waals surface area contributed by atoms with Crippen LogP contribution in [0.4, 0.5) is 0 Å². The first-order valence-corrected chi connectivity index (χ1v) is 6.08. The highest BCUT2D eigenvalue weighted by Gasteiger charge is 2.22. The first kappa shape index (κ1) is 13.9. The number of hydrogen-bond acceptors (Lipinski definition) is 4. The molecule has 1 N–H and O–H groups in total. The van der Waals surface area contributed by atoms with Crippen LogP contribution in [-0.2, 0) is 15.9 Å². The minimum atomic E-state index is -0.508. The molecule has 0 atom stereocenters. The Morgan fingerprint density at radius 3 is 2.30 bits per heavy atom. The van der Waals surface area contributed by atoms with Gasteiger partial charge in [0, 0.05) is 18.2 Å². The van der Waals surface area contributed by atoms with Gasteiger partial charge in [-0.25, -0.2) is 9.59 Å². The van der Waals surface area contributed by atoms with Crippen LogP contribution in [0.3, 0.4) is 0 Å². The van der Waals surface area contributed by atoms with Crippen LogP contribution < -0.4 is 0 Å². The van der Waals surface area contributed by atoms with E-state index in [2.05, 4.69) is 4.98 Å². The number of aromatic nitrogens is 1. The third-order valence-corrected chi connectivity index (χ3v) is 3.01. The molecule has 104 valence electrons. The molecule has 5 heteroatoms. The lowest BCUT2D eigenvalue weighted by Crippen LogP contribution is -2.09. The molecule has 20 heavy (non-hydrogen) atoms. The molecule has 0 aliphatic carbocycles. The summed E-state index contributed by atoms with van der Waals surface area (Å²) < 4.78 is 9.45. The maximum Gasteiger partial charge on any atom is 0.354 e. The van der Waals surface area contributed by atoms with E-state index in [0.717, 1.165) is 5.56 Å². The number of ether oxygens (including phenoxy) is 2. The molecule has 0 fully saturated rings. The number of aromatic amines is 1. The van der Waals surface area contributed by atoms with Crippen molar-refractivity contribution in [2.45, 2.75) is 6.42 Å². The minimum absolute atomic E-state index is 0.275.